The lowest BCUT2D eigenvalue weighted by molar-refractivity contribution is -0.129. The van der Waals surface area contributed by atoms with E-state index in [2.05, 4.69) is 5.10 Å². The number of hydrogen-bond donors (Lipinski definition) is 1. The molecule has 4 nitrogen and oxygen atoms in total. The van der Waals surface area contributed by atoms with Crippen LogP contribution in [0.2, 0.25) is 5.02 Å². The van der Waals surface area contributed by atoms with Crippen LogP contribution in [0.5, 0.6) is 0 Å². The largest absolute Gasteiger partial charge is 0.477 e. The second kappa shape index (κ2) is 3.90. The summed E-state index contributed by atoms with van der Waals surface area (Å²) in [6.07, 6.45) is 0.445. The average Bonchev–Trinajstić information content (AvgIpc) is 2.67. The highest BCUT2D eigenvalue weighted by atomic mass is 35.5. The van der Waals surface area contributed by atoms with Crippen LogP contribution in [-0.2, 0) is 4.79 Å². The van der Waals surface area contributed by atoms with Crippen molar-refractivity contribution in [2.24, 2.45) is 5.10 Å². The molecular weight excluding hydrogens is 216 g/mol. The van der Waals surface area contributed by atoms with E-state index in [1.165, 1.54) is 0 Å². The van der Waals surface area contributed by atoms with E-state index in [4.69, 9.17) is 16.7 Å². The fraction of sp³-hybridized carbons (Fsp3) is 0.200. The molecule has 0 aromatic heterocycles. The number of benzene rings is 1. The molecule has 0 saturated carbocycles. The molecule has 1 aromatic carbocycles. The first-order chi connectivity index (χ1) is 7.18. The number of carbonyl (C=O) groups is 1. The van der Waals surface area contributed by atoms with Crippen LogP contribution in [0.3, 0.4) is 0 Å². The second-order valence-electron chi connectivity index (χ2n) is 3.18. The van der Waals surface area contributed by atoms with Crippen molar-refractivity contribution >= 4 is 29.0 Å². The third-order valence-electron chi connectivity index (χ3n) is 2.18. The molecule has 0 fully saturated rings. The lowest BCUT2D eigenvalue weighted by atomic mass is 10.3. The Bertz CT molecular complexity index is 431. The lowest BCUT2D eigenvalue weighted by Gasteiger charge is -2.14. The second-order valence-corrected chi connectivity index (χ2v) is 3.58. The Morgan fingerprint density at radius 2 is 2.20 bits per heavy atom. The summed E-state index contributed by atoms with van der Waals surface area (Å²) in [6, 6.07) is 7.24. The van der Waals surface area contributed by atoms with Gasteiger partial charge in [-0.25, -0.2) is 4.79 Å². The molecule has 1 aromatic rings. The molecule has 1 aliphatic rings. The number of carboxylic acids is 1. The summed E-state index contributed by atoms with van der Waals surface area (Å²) in [6.45, 7) is 0.561. The number of aliphatic carboxylic acids is 1. The van der Waals surface area contributed by atoms with E-state index < -0.39 is 5.97 Å². The molecule has 0 bridgehead atoms. The maximum Gasteiger partial charge on any atom is 0.352 e. The van der Waals surface area contributed by atoms with Crippen LogP contribution < -0.4 is 5.01 Å². The molecule has 78 valence electrons. The minimum atomic E-state index is -0.968. The number of carboxylic acid groups (broad SMARTS) is 1. The van der Waals surface area contributed by atoms with Crippen LogP contribution in [0, 0.1) is 0 Å². The van der Waals surface area contributed by atoms with Gasteiger partial charge in [-0.3, -0.25) is 5.01 Å². The molecule has 0 saturated heterocycles. The van der Waals surface area contributed by atoms with E-state index in [-0.39, 0.29) is 5.71 Å². The number of hydrazone groups is 1. The van der Waals surface area contributed by atoms with Crippen molar-refractivity contribution in [2.45, 2.75) is 6.42 Å². The molecule has 0 radical (unpaired) electrons. The summed E-state index contributed by atoms with van der Waals surface area (Å²) in [5.74, 6) is -0.968. The molecule has 1 heterocycles. The third-order valence-corrected chi connectivity index (χ3v) is 2.50. The number of hydrogen-bond acceptors (Lipinski definition) is 3. The molecule has 0 atom stereocenters. The first-order valence-electron chi connectivity index (χ1n) is 4.51. The van der Waals surface area contributed by atoms with Gasteiger partial charge < -0.3 is 5.11 Å². The minimum absolute atomic E-state index is 0.176. The van der Waals surface area contributed by atoms with Crippen molar-refractivity contribution in [3.8, 4) is 0 Å². The van der Waals surface area contributed by atoms with Crippen molar-refractivity contribution in [1.29, 1.82) is 0 Å². The fourth-order valence-electron chi connectivity index (χ4n) is 1.44. The summed E-state index contributed by atoms with van der Waals surface area (Å²) >= 11 is 5.97. The Hall–Kier alpha value is -1.55. The SMILES string of the molecule is O=C(O)C1=NN(c2ccccc2Cl)CC1. The first-order valence-corrected chi connectivity index (χ1v) is 4.89. The van der Waals surface area contributed by atoms with Crippen molar-refractivity contribution in [1.82, 2.24) is 0 Å². The minimum Gasteiger partial charge on any atom is -0.477 e. The van der Waals surface area contributed by atoms with Gasteiger partial charge in [0.15, 0.2) is 0 Å². The van der Waals surface area contributed by atoms with E-state index in [1.54, 1.807) is 11.1 Å². The average molecular weight is 225 g/mol. The number of halogens is 1. The predicted molar refractivity (Wildman–Crippen MR) is 58.5 cm³/mol. The maximum absolute atomic E-state index is 10.7. The Kier molecular flexibility index (Phi) is 2.60. The molecule has 5 heteroatoms. The summed E-state index contributed by atoms with van der Waals surface area (Å²) in [5.41, 5.74) is 0.922. The molecule has 0 unspecified atom stereocenters. The van der Waals surface area contributed by atoms with Crippen LogP contribution in [0.4, 0.5) is 5.69 Å². The molecule has 0 amide bonds. The summed E-state index contributed by atoms with van der Waals surface area (Å²) in [7, 11) is 0. The molecule has 15 heavy (non-hydrogen) atoms. The Labute approximate surface area is 91.8 Å². The van der Waals surface area contributed by atoms with Gasteiger partial charge >= 0.3 is 5.97 Å². The van der Waals surface area contributed by atoms with E-state index in [9.17, 15) is 4.79 Å². The van der Waals surface area contributed by atoms with Gasteiger partial charge in [-0.05, 0) is 12.1 Å². The maximum atomic E-state index is 10.7. The zero-order valence-corrected chi connectivity index (χ0v) is 8.61. The van der Waals surface area contributed by atoms with Crippen LogP contribution >= 0.6 is 11.6 Å². The zero-order chi connectivity index (χ0) is 10.8. The normalized spacial score (nSPS) is 15.3. The fourth-order valence-corrected chi connectivity index (χ4v) is 1.68. The molecular formula is C10H9ClN2O2. The van der Waals surface area contributed by atoms with Gasteiger partial charge in [0, 0.05) is 13.0 Å². The van der Waals surface area contributed by atoms with Crippen LogP contribution in [0.1, 0.15) is 6.42 Å². The number of nitrogens with zero attached hydrogens (tertiary/aromatic N) is 2. The van der Waals surface area contributed by atoms with Crippen molar-refractivity contribution in [2.75, 3.05) is 11.6 Å². The molecule has 0 aliphatic carbocycles. The van der Waals surface area contributed by atoms with E-state index in [0.717, 1.165) is 5.69 Å². The van der Waals surface area contributed by atoms with Crippen molar-refractivity contribution in [3.63, 3.8) is 0 Å². The highest BCUT2D eigenvalue weighted by Crippen LogP contribution is 2.27. The molecule has 1 N–H and O–H groups in total. The van der Waals surface area contributed by atoms with Gasteiger partial charge in [-0.15, -0.1) is 0 Å². The molecule has 2 rings (SSSR count). The van der Waals surface area contributed by atoms with Crippen LogP contribution in [0.15, 0.2) is 29.4 Å². The Morgan fingerprint density at radius 1 is 1.47 bits per heavy atom. The summed E-state index contributed by atoms with van der Waals surface area (Å²) in [4.78, 5) is 10.7. The summed E-state index contributed by atoms with van der Waals surface area (Å²) < 4.78 is 0. The Balaban J connectivity index is 2.28. The van der Waals surface area contributed by atoms with E-state index in [1.807, 2.05) is 18.2 Å². The summed E-state index contributed by atoms with van der Waals surface area (Å²) in [5, 5.41) is 14.9. The lowest BCUT2D eigenvalue weighted by Crippen LogP contribution is -2.11. The molecule has 0 spiro atoms. The van der Waals surface area contributed by atoms with Crippen molar-refractivity contribution in [3.05, 3.63) is 29.3 Å². The van der Waals surface area contributed by atoms with Gasteiger partial charge in [-0.1, -0.05) is 23.7 Å². The quantitative estimate of drug-likeness (QED) is 0.836. The smallest absolute Gasteiger partial charge is 0.352 e. The number of anilines is 1. The number of para-hydroxylation sites is 1. The van der Waals surface area contributed by atoms with Crippen molar-refractivity contribution < 1.29 is 9.90 Å². The molecule has 1 aliphatic heterocycles. The highest BCUT2D eigenvalue weighted by Gasteiger charge is 2.21. The van der Waals surface area contributed by atoms with Gasteiger partial charge in [0.05, 0.1) is 10.7 Å². The third kappa shape index (κ3) is 1.94. The van der Waals surface area contributed by atoms with Crippen LogP contribution in [-0.4, -0.2) is 23.3 Å². The Morgan fingerprint density at radius 3 is 2.80 bits per heavy atom. The van der Waals surface area contributed by atoms with E-state index >= 15 is 0 Å². The van der Waals surface area contributed by atoms with E-state index in [0.29, 0.717) is 18.0 Å². The highest BCUT2D eigenvalue weighted by molar-refractivity contribution is 6.37. The standard InChI is InChI=1S/C10H9ClN2O2/c11-7-3-1-2-4-9(7)13-6-5-8(12-13)10(14)15/h1-4H,5-6H2,(H,14,15). The monoisotopic (exact) mass is 224 g/mol. The first kappa shape index (κ1) is 9.98. The topological polar surface area (TPSA) is 52.9 Å². The van der Waals surface area contributed by atoms with Gasteiger partial charge in [0.25, 0.3) is 0 Å². The van der Waals surface area contributed by atoms with Gasteiger partial charge in [-0.2, -0.15) is 5.10 Å². The zero-order valence-electron chi connectivity index (χ0n) is 7.85. The van der Waals surface area contributed by atoms with Crippen LogP contribution in [0.25, 0.3) is 0 Å². The number of rotatable bonds is 2. The van der Waals surface area contributed by atoms with Gasteiger partial charge in [0.1, 0.15) is 5.71 Å². The predicted octanol–water partition coefficient (Wildman–Crippen LogP) is 1.99. The van der Waals surface area contributed by atoms with Gasteiger partial charge in [0.2, 0.25) is 0 Å².